The first-order chi connectivity index (χ1) is 9.62. The lowest BCUT2D eigenvalue weighted by atomic mass is 10.0. The van der Waals surface area contributed by atoms with Crippen LogP contribution in [-0.2, 0) is 16.1 Å². The first-order valence-corrected chi connectivity index (χ1v) is 6.82. The van der Waals surface area contributed by atoms with E-state index in [2.05, 4.69) is 5.32 Å². The van der Waals surface area contributed by atoms with E-state index in [-0.39, 0.29) is 17.4 Å². The molecule has 6 heteroatoms. The fourth-order valence-corrected chi connectivity index (χ4v) is 1.92. The molecule has 1 aromatic heterocycles. The summed E-state index contributed by atoms with van der Waals surface area (Å²) < 4.78 is 6.46. The molecular weight excluding hydrogens is 258 g/mol. The Morgan fingerprint density at radius 1 is 1.50 bits per heavy atom. The third-order valence-electron chi connectivity index (χ3n) is 3.08. The molecule has 1 atom stereocenters. The van der Waals surface area contributed by atoms with Gasteiger partial charge in [-0.15, -0.1) is 0 Å². The predicted octanol–water partition coefficient (Wildman–Crippen LogP) is 0.808. The zero-order valence-electron chi connectivity index (χ0n) is 12.1. The van der Waals surface area contributed by atoms with Gasteiger partial charge in [-0.05, 0) is 12.5 Å². The van der Waals surface area contributed by atoms with Crippen LogP contribution in [0.1, 0.15) is 19.8 Å². The zero-order valence-corrected chi connectivity index (χ0v) is 12.1. The Labute approximate surface area is 118 Å². The molecular formula is C14H23N3O3. The normalized spacial score (nSPS) is 12.2. The number of aromatic nitrogens is 1. The minimum absolute atomic E-state index is 0.105. The zero-order chi connectivity index (χ0) is 15.0. The van der Waals surface area contributed by atoms with Crippen LogP contribution in [0, 0.1) is 5.92 Å². The van der Waals surface area contributed by atoms with Crippen LogP contribution in [0.5, 0.6) is 0 Å². The quantitative estimate of drug-likeness (QED) is 0.738. The average molecular weight is 281 g/mol. The number of pyridine rings is 1. The second-order valence-corrected chi connectivity index (χ2v) is 4.65. The standard InChI is InChI=1S/C14H23N3O3/c1-3-4-11(9-15)14(19)16-12-5-6-13(18)17(10-12)7-8-20-2/h5-6,10-11H,3-4,7-9,15H2,1-2H3,(H,16,19). The summed E-state index contributed by atoms with van der Waals surface area (Å²) >= 11 is 0. The number of carbonyl (C=O) groups is 1. The Balaban J connectivity index is 2.76. The Morgan fingerprint density at radius 2 is 2.25 bits per heavy atom. The Bertz CT molecular complexity index is 485. The van der Waals surface area contributed by atoms with Crippen LogP contribution >= 0.6 is 0 Å². The van der Waals surface area contributed by atoms with Crippen molar-refractivity contribution in [1.29, 1.82) is 0 Å². The average Bonchev–Trinajstić information content (AvgIpc) is 2.45. The summed E-state index contributed by atoms with van der Waals surface area (Å²) in [5, 5.41) is 2.80. The first-order valence-electron chi connectivity index (χ1n) is 6.82. The summed E-state index contributed by atoms with van der Waals surface area (Å²) in [7, 11) is 1.58. The molecule has 1 rings (SSSR count). The summed E-state index contributed by atoms with van der Waals surface area (Å²) in [6, 6.07) is 3.03. The highest BCUT2D eigenvalue weighted by Gasteiger charge is 2.15. The molecule has 0 spiro atoms. The van der Waals surface area contributed by atoms with Gasteiger partial charge >= 0.3 is 0 Å². The van der Waals surface area contributed by atoms with Crippen molar-refractivity contribution in [2.75, 3.05) is 25.6 Å². The van der Waals surface area contributed by atoms with Crippen molar-refractivity contribution in [2.45, 2.75) is 26.3 Å². The smallest absolute Gasteiger partial charge is 0.250 e. The van der Waals surface area contributed by atoms with Crippen molar-refractivity contribution < 1.29 is 9.53 Å². The van der Waals surface area contributed by atoms with Crippen molar-refractivity contribution in [1.82, 2.24) is 4.57 Å². The molecule has 0 saturated heterocycles. The highest BCUT2D eigenvalue weighted by molar-refractivity contribution is 5.92. The fraction of sp³-hybridized carbons (Fsp3) is 0.571. The molecule has 6 nitrogen and oxygen atoms in total. The minimum atomic E-state index is -0.195. The van der Waals surface area contributed by atoms with E-state index in [1.807, 2.05) is 6.92 Å². The van der Waals surface area contributed by atoms with Crippen molar-refractivity contribution in [3.8, 4) is 0 Å². The van der Waals surface area contributed by atoms with Crippen molar-refractivity contribution in [3.05, 3.63) is 28.7 Å². The Morgan fingerprint density at radius 3 is 2.85 bits per heavy atom. The van der Waals surface area contributed by atoms with E-state index < -0.39 is 0 Å². The topological polar surface area (TPSA) is 86.4 Å². The third-order valence-corrected chi connectivity index (χ3v) is 3.08. The number of nitrogens with zero attached hydrogens (tertiary/aromatic N) is 1. The highest BCUT2D eigenvalue weighted by Crippen LogP contribution is 2.10. The number of nitrogens with two attached hydrogens (primary N) is 1. The number of nitrogens with one attached hydrogen (secondary N) is 1. The number of hydrogen-bond donors (Lipinski definition) is 2. The molecule has 1 unspecified atom stereocenters. The van der Waals surface area contributed by atoms with Gasteiger partial charge in [0.15, 0.2) is 0 Å². The van der Waals surface area contributed by atoms with Gasteiger partial charge in [0, 0.05) is 32.5 Å². The molecule has 0 saturated carbocycles. The van der Waals surface area contributed by atoms with E-state index >= 15 is 0 Å². The number of ether oxygens (including phenoxy) is 1. The molecule has 0 aromatic carbocycles. The van der Waals surface area contributed by atoms with Gasteiger partial charge in [-0.2, -0.15) is 0 Å². The SMILES string of the molecule is CCCC(CN)C(=O)Nc1ccc(=O)n(CCOC)c1. The summed E-state index contributed by atoms with van der Waals surface area (Å²) in [5.41, 5.74) is 6.08. The molecule has 0 aliphatic carbocycles. The monoisotopic (exact) mass is 281 g/mol. The third kappa shape index (κ3) is 4.79. The number of amides is 1. The number of hydrogen-bond acceptors (Lipinski definition) is 4. The predicted molar refractivity (Wildman–Crippen MR) is 78.7 cm³/mol. The molecule has 0 fully saturated rings. The fourth-order valence-electron chi connectivity index (χ4n) is 1.92. The maximum absolute atomic E-state index is 12.0. The van der Waals surface area contributed by atoms with Crippen LogP contribution < -0.4 is 16.6 Å². The van der Waals surface area contributed by atoms with Gasteiger partial charge in [0.1, 0.15) is 0 Å². The van der Waals surface area contributed by atoms with Gasteiger partial charge in [-0.1, -0.05) is 13.3 Å². The van der Waals surface area contributed by atoms with Gasteiger partial charge in [-0.25, -0.2) is 0 Å². The van der Waals surface area contributed by atoms with E-state index in [0.29, 0.717) is 25.4 Å². The van der Waals surface area contributed by atoms with Gasteiger partial charge in [0.25, 0.3) is 5.56 Å². The maximum atomic E-state index is 12.0. The molecule has 20 heavy (non-hydrogen) atoms. The summed E-state index contributed by atoms with van der Waals surface area (Å²) in [4.78, 5) is 23.7. The molecule has 1 aromatic rings. The summed E-state index contributed by atoms with van der Waals surface area (Å²) in [6.45, 7) is 3.23. The highest BCUT2D eigenvalue weighted by atomic mass is 16.5. The van der Waals surface area contributed by atoms with Gasteiger partial charge < -0.3 is 20.4 Å². The van der Waals surface area contributed by atoms with Crippen LogP contribution in [0.3, 0.4) is 0 Å². The number of anilines is 1. The first kappa shape index (κ1) is 16.4. The largest absolute Gasteiger partial charge is 0.383 e. The van der Waals surface area contributed by atoms with Gasteiger partial charge in [0.2, 0.25) is 5.91 Å². The molecule has 1 amide bonds. The van der Waals surface area contributed by atoms with Crippen LogP contribution in [0.25, 0.3) is 0 Å². The lowest BCUT2D eigenvalue weighted by molar-refractivity contribution is -0.119. The van der Waals surface area contributed by atoms with Crippen molar-refractivity contribution in [3.63, 3.8) is 0 Å². The lowest BCUT2D eigenvalue weighted by Crippen LogP contribution is -2.30. The van der Waals surface area contributed by atoms with Crippen LogP contribution in [0.15, 0.2) is 23.1 Å². The molecule has 112 valence electrons. The van der Waals surface area contributed by atoms with E-state index in [0.717, 1.165) is 12.8 Å². The molecule has 1 heterocycles. The summed E-state index contributed by atoms with van der Waals surface area (Å²) in [6.07, 6.45) is 3.28. The van der Waals surface area contributed by atoms with Crippen molar-refractivity contribution >= 4 is 11.6 Å². The molecule has 0 aliphatic rings. The second-order valence-electron chi connectivity index (χ2n) is 4.65. The molecule has 0 bridgehead atoms. The molecule has 0 aliphatic heterocycles. The van der Waals surface area contributed by atoms with E-state index in [9.17, 15) is 9.59 Å². The van der Waals surface area contributed by atoms with Gasteiger partial charge in [-0.3, -0.25) is 9.59 Å². The van der Waals surface area contributed by atoms with E-state index in [4.69, 9.17) is 10.5 Å². The maximum Gasteiger partial charge on any atom is 0.250 e. The van der Waals surface area contributed by atoms with Crippen LogP contribution in [0.2, 0.25) is 0 Å². The summed E-state index contributed by atoms with van der Waals surface area (Å²) in [5.74, 6) is -0.300. The second kappa shape index (κ2) is 8.50. The minimum Gasteiger partial charge on any atom is -0.383 e. The van der Waals surface area contributed by atoms with Crippen LogP contribution in [-0.4, -0.2) is 30.7 Å². The number of methoxy groups -OCH3 is 1. The van der Waals surface area contributed by atoms with Crippen LogP contribution in [0.4, 0.5) is 5.69 Å². The Kier molecular flexibility index (Phi) is 6.97. The number of rotatable bonds is 8. The Hall–Kier alpha value is -1.66. The van der Waals surface area contributed by atoms with E-state index in [1.165, 1.54) is 10.6 Å². The van der Waals surface area contributed by atoms with Crippen molar-refractivity contribution in [2.24, 2.45) is 11.7 Å². The number of carbonyl (C=O) groups excluding carboxylic acids is 1. The molecule has 0 radical (unpaired) electrons. The van der Waals surface area contributed by atoms with Gasteiger partial charge in [0.05, 0.1) is 18.2 Å². The van der Waals surface area contributed by atoms with E-state index in [1.54, 1.807) is 19.4 Å². The lowest BCUT2D eigenvalue weighted by Gasteiger charge is -2.14. The molecule has 3 N–H and O–H groups in total.